The highest BCUT2D eigenvalue weighted by Crippen LogP contribution is 2.24. The number of allylic oxidation sites excluding steroid dienone is 4. The first-order chi connectivity index (χ1) is 9.66. The predicted octanol–water partition coefficient (Wildman–Crippen LogP) is 4.38. The lowest BCUT2D eigenvalue weighted by atomic mass is 10.2. The second kappa shape index (κ2) is 8.38. The molecule has 0 unspecified atom stereocenters. The molecule has 0 fully saturated rings. The van der Waals surface area contributed by atoms with Crippen LogP contribution in [-0.2, 0) is 0 Å². The summed E-state index contributed by atoms with van der Waals surface area (Å²) >= 11 is 5.97. The van der Waals surface area contributed by atoms with Crippen molar-refractivity contribution in [2.24, 2.45) is 0 Å². The van der Waals surface area contributed by atoms with Crippen molar-refractivity contribution < 1.29 is 9.13 Å². The number of nitrogens with two attached hydrogens (primary N) is 1. The zero-order valence-corrected chi connectivity index (χ0v) is 12.3. The number of nitrogen functional groups attached to an aromatic ring is 1. The van der Waals surface area contributed by atoms with Crippen molar-refractivity contribution >= 4 is 17.4 Å². The second-order valence-corrected chi connectivity index (χ2v) is 4.13. The maximum atomic E-state index is 13.1. The van der Waals surface area contributed by atoms with E-state index in [9.17, 15) is 4.39 Å². The summed E-state index contributed by atoms with van der Waals surface area (Å²) in [5.41, 5.74) is 6.38. The normalized spacial score (nSPS) is 14.1. The number of hydrogen-bond donors (Lipinski definition) is 1. The fourth-order valence-electron chi connectivity index (χ4n) is 1.49. The molecular formula is C15H18ClFN2O. The van der Waals surface area contributed by atoms with E-state index in [0.29, 0.717) is 23.0 Å². The number of ether oxygens (including phenoxy) is 1. The molecule has 0 amide bonds. The first kappa shape index (κ1) is 16.2. The summed E-state index contributed by atoms with van der Waals surface area (Å²) in [4.78, 5) is 3.91. The van der Waals surface area contributed by atoms with Gasteiger partial charge in [-0.2, -0.15) is 0 Å². The Bertz CT molecular complexity index is 538. The molecule has 1 aliphatic carbocycles. The van der Waals surface area contributed by atoms with Gasteiger partial charge in [-0.1, -0.05) is 31.5 Å². The van der Waals surface area contributed by atoms with Gasteiger partial charge in [0.1, 0.15) is 12.4 Å². The van der Waals surface area contributed by atoms with E-state index in [-0.39, 0.29) is 12.4 Å². The first-order valence-corrected chi connectivity index (χ1v) is 6.80. The summed E-state index contributed by atoms with van der Waals surface area (Å²) in [6.07, 6.45) is 6.61. The van der Waals surface area contributed by atoms with Crippen LogP contribution in [0, 0.1) is 0 Å². The fourth-order valence-corrected chi connectivity index (χ4v) is 1.73. The monoisotopic (exact) mass is 296 g/mol. The summed E-state index contributed by atoms with van der Waals surface area (Å²) in [6, 6.07) is 3.45. The highest BCUT2D eigenvalue weighted by Gasteiger charge is 2.09. The van der Waals surface area contributed by atoms with Gasteiger partial charge < -0.3 is 10.5 Å². The summed E-state index contributed by atoms with van der Waals surface area (Å²) < 4.78 is 18.6. The molecule has 3 nitrogen and oxygen atoms in total. The largest absolute Gasteiger partial charge is 0.485 e. The van der Waals surface area contributed by atoms with Crippen LogP contribution < -0.4 is 10.5 Å². The molecule has 1 aliphatic rings. The predicted molar refractivity (Wildman–Crippen MR) is 81.3 cm³/mol. The highest BCUT2D eigenvalue weighted by atomic mass is 35.5. The van der Waals surface area contributed by atoms with Crippen molar-refractivity contribution in [3.63, 3.8) is 0 Å². The van der Waals surface area contributed by atoms with Crippen LogP contribution in [0.5, 0.6) is 5.75 Å². The topological polar surface area (TPSA) is 48.1 Å². The zero-order valence-electron chi connectivity index (χ0n) is 11.6. The second-order valence-electron chi connectivity index (χ2n) is 3.72. The minimum Gasteiger partial charge on any atom is -0.485 e. The van der Waals surface area contributed by atoms with Crippen molar-refractivity contribution in [3.05, 3.63) is 53.0 Å². The van der Waals surface area contributed by atoms with Crippen LogP contribution in [0.1, 0.15) is 20.3 Å². The third-order valence-electron chi connectivity index (χ3n) is 2.43. The molecule has 0 bridgehead atoms. The van der Waals surface area contributed by atoms with Crippen LogP contribution in [-0.4, -0.2) is 11.6 Å². The fraction of sp³-hybridized carbons (Fsp3) is 0.267. The molecule has 1 aromatic rings. The van der Waals surface area contributed by atoms with Crippen LogP contribution in [0.2, 0.25) is 0 Å². The molecule has 1 heterocycles. The molecule has 1 aromatic heterocycles. The van der Waals surface area contributed by atoms with Gasteiger partial charge in [-0.05, 0) is 30.7 Å². The summed E-state index contributed by atoms with van der Waals surface area (Å²) in [5, 5.41) is 0.337. The standard InChI is InChI=1S/C13H12ClFN2O.C2H6/c14-11-7-10(15)4-1-3-9(11)8-18-12-5-2-6-17-13(12)16;1-2/h2-7H,1,8H2,(H2,16,17);1-2H3. The number of aromatic nitrogens is 1. The molecule has 0 saturated heterocycles. The third-order valence-corrected chi connectivity index (χ3v) is 2.78. The summed E-state index contributed by atoms with van der Waals surface area (Å²) in [5.74, 6) is 0.462. The molecule has 20 heavy (non-hydrogen) atoms. The molecule has 0 atom stereocenters. The Labute approximate surface area is 123 Å². The van der Waals surface area contributed by atoms with Crippen molar-refractivity contribution in [3.8, 4) is 5.75 Å². The van der Waals surface area contributed by atoms with Gasteiger partial charge in [-0.3, -0.25) is 0 Å². The van der Waals surface area contributed by atoms with Crippen molar-refractivity contribution in [1.82, 2.24) is 4.98 Å². The van der Waals surface area contributed by atoms with Crippen LogP contribution in [0.3, 0.4) is 0 Å². The Morgan fingerprint density at radius 3 is 2.85 bits per heavy atom. The van der Waals surface area contributed by atoms with E-state index in [2.05, 4.69) is 4.98 Å². The number of anilines is 1. The molecule has 0 aliphatic heterocycles. The number of rotatable bonds is 3. The lowest BCUT2D eigenvalue weighted by Crippen LogP contribution is -2.04. The molecule has 0 saturated carbocycles. The minimum absolute atomic E-state index is 0.229. The van der Waals surface area contributed by atoms with E-state index < -0.39 is 0 Å². The smallest absolute Gasteiger partial charge is 0.166 e. The highest BCUT2D eigenvalue weighted by molar-refractivity contribution is 6.32. The van der Waals surface area contributed by atoms with Crippen molar-refractivity contribution in [2.45, 2.75) is 20.3 Å². The number of pyridine rings is 1. The van der Waals surface area contributed by atoms with E-state index in [1.807, 2.05) is 19.9 Å². The maximum Gasteiger partial charge on any atom is 0.166 e. The molecule has 0 aromatic carbocycles. The molecule has 5 heteroatoms. The van der Waals surface area contributed by atoms with Gasteiger partial charge in [-0.25, -0.2) is 9.37 Å². The Morgan fingerprint density at radius 2 is 2.15 bits per heavy atom. The van der Waals surface area contributed by atoms with E-state index in [0.717, 1.165) is 5.57 Å². The van der Waals surface area contributed by atoms with E-state index >= 15 is 0 Å². The molecule has 2 N–H and O–H groups in total. The van der Waals surface area contributed by atoms with Gasteiger partial charge in [0.05, 0.1) is 0 Å². The first-order valence-electron chi connectivity index (χ1n) is 6.42. The lowest BCUT2D eigenvalue weighted by Gasteiger charge is -2.09. The van der Waals surface area contributed by atoms with Gasteiger partial charge in [0, 0.05) is 16.8 Å². The number of halogens is 2. The van der Waals surface area contributed by atoms with Gasteiger partial charge >= 0.3 is 0 Å². The average Bonchev–Trinajstić information content (AvgIpc) is 2.61. The average molecular weight is 297 g/mol. The summed E-state index contributed by atoms with van der Waals surface area (Å²) in [7, 11) is 0. The lowest BCUT2D eigenvalue weighted by molar-refractivity contribution is 0.355. The minimum atomic E-state index is -0.341. The van der Waals surface area contributed by atoms with E-state index in [1.165, 1.54) is 12.2 Å². The van der Waals surface area contributed by atoms with Gasteiger partial charge in [0.25, 0.3) is 0 Å². The third kappa shape index (κ3) is 4.70. The maximum absolute atomic E-state index is 13.1. The van der Waals surface area contributed by atoms with Crippen LogP contribution in [0.15, 0.2) is 53.0 Å². The van der Waals surface area contributed by atoms with Crippen molar-refractivity contribution in [1.29, 1.82) is 0 Å². The molecule has 2 rings (SSSR count). The molecule has 0 radical (unpaired) electrons. The van der Waals surface area contributed by atoms with Crippen LogP contribution in [0.25, 0.3) is 0 Å². The van der Waals surface area contributed by atoms with E-state index in [4.69, 9.17) is 22.1 Å². The van der Waals surface area contributed by atoms with Crippen LogP contribution in [0.4, 0.5) is 10.2 Å². The Hall–Kier alpha value is -1.81. The quantitative estimate of drug-likeness (QED) is 0.900. The van der Waals surface area contributed by atoms with E-state index in [1.54, 1.807) is 18.3 Å². The molecule has 108 valence electrons. The van der Waals surface area contributed by atoms with Gasteiger partial charge in [0.2, 0.25) is 0 Å². The van der Waals surface area contributed by atoms with Crippen LogP contribution >= 0.6 is 11.6 Å². The summed E-state index contributed by atoms with van der Waals surface area (Å²) in [6.45, 7) is 4.23. The molecular weight excluding hydrogens is 279 g/mol. The Balaban J connectivity index is 0.000000956. The number of nitrogens with zero attached hydrogens (tertiary/aromatic N) is 1. The molecule has 0 spiro atoms. The SMILES string of the molecule is CC.Nc1ncccc1OCC1=CCC=C(F)C=C1Cl. The van der Waals surface area contributed by atoms with Gasteiger partial charge in [-0.15, -0.1) is 0 Å². The number of hydrogen-bond acceptors (Lipinski definition) is 3. The van der Waals surface area contributed by atoms with Crippen molar-refractivity contribution in [2.75, 3.05) is 12.3 Å². The Morgan fingerprint density at radius 1 is 1.40 bits per heavy atom. The zero-order chi connectivity index (χ0) is 15.0. The Kier molecular flexibility index (Phi) is 6.81. The van der Waals surface area contributed by atoms with Gasteiger partial charge in [0.15, 0.2) is 11.6 Å².